The van der Waals surface area contributed by atoms with Gasteiger partial charge in [-0.05, 0) is 25.2 Å². The third kappa shape index (κ3) is 3.13. The normalized spacial score (nSPS) is 19.4. The summed E-state index contributed by atoms with van der Waals surface area (Å²) in [5.74, 6) is 0.0298. The van der Waals surface area contributed by atoms with Gasteiger partial charge in [-0.1, -0.05) is 6.92 Å². The number of aromatic nitrogens is 1. The van der Waals surface area contributed by atoms with Crippen molar-refractivity contribution in [3.05, 3.63) is 17.8 Å². The molecule has 1 fully saturated rings. The maximum absolute atomic E-state index is 12.3. The van der Waals surface area contributed by atoms with Crippen molar-refractivity contribution in [3.63, 3.8) is 0 Å². The second kappa shape index (κ2) is 5.86. The highest BCUT2D eigenvalue weighted by Gasteiger charge is 2.28. The molecule has 1 unspecified atom stereocenters. The second-order valence-corrected chi connectivity index (χ2v) is 4.91. The average molecular weight is 265 g/mol. The zero-order chi connectivity index (χ0) is 13.8. The molecule has 1 aliphatic rings. The molecule has 6 nitrogen and oxygen atoms in total. The molecule has 0 radical (unpaired) electrons. The Balaban J connectivity index is 2.05. The van der Waals surface area contributed by atoms with E-state index in [0.717, 1.165) is 12.8 Å². The second-order valence-electron chi connectivity index (χ2n) is 4.91. The summed E-state index contributed by atoms with van der Waals surface area (Å²) in [5.41, 5.74) is 5.90. The molecule has 1 atom stereocenters. The van der Waals surface area contributed by atoms with Crippen LogP contribution in [-0.2, 0) is 11.2 Å². The highest BCUT2D eigenvalue weighted by molar-refractivity contribution is 5.92. The van der Waals surface area contributed by atoms with Gasteiger partial charge in [0.05, 0.1) is 5.69 Å². The number of hydrogen-bond acceptors (Lipinski definition) is 4. The Morgan fingerprint density at radius 2 is 2.37 bits per heavy atom. The van der Waals surface area contributed by atoms with Gasteiger partial charge >= 0.3 is 0 Å². The first-order valence-electron chi connectivity index (χ1n) is 6.61. The molecule has 0 spiro atoms. The third-order valence-corrected chi connectivity index (χ3v) is 3.47. The number of primary amides is 1. The molecule has 2 rings (SSSR count). The van der Waals surface area contributed by atoms with Crippen LogP contribution in [0.15, 0.2) is 10.8 Å². The zero-order valence-corrected chi connectivity index (χ0v) is 11.1. The molecule has 6 heteroatoms. The first-order chi connectivity index (χ1) is 9.11. The number of piperidine rings is 1. The molecule has 1 saturated heterocycles. The fraction of sp³-hybridized carbons (Fsp3) is 0.615. The maximum Gasteiger partial charge on any atom is 0.291 e. The number of nitrogens with two attached hydrogens (primary N) is 1. The molecule has 19 heavy (non-hydrogen) atoms. The van der Waals surface area contributed by atoms with E-state index in [1.165, 1.54) is 6.39 Å². The predicted octanol–water partition coefficient (Wildman–Crippen LogP) is 0.965. The molecule has 104 valence electrons. The highest BCUT2D eigenvalue weighted by atomic mass is 16.3. The van der Waals surface area contributed by atoms with Gasteiger partial charge in [-0.2, -0.15) is 0 Å². The highest BCUT2D eigenvalue weighted by Crippen LogP contribution is 2.22. The van der Waals surface area contributed by atoms with Crippen LogP contribution >= 0.6 is 0 Å². The van der Waals surface area contributed by atoms with Crippen LogP contribution in [0.5, 0.6) is 0 Å². The van der Waals surface area contributed by atoms with Crippen molar-refractivity contribution in [1.82, 2.24) is 9.88 Å². The van der Waals surface area contributed by atoms with Gasteiger partial charge in [0.1, 0.15) is 0 Å². The molecule has 2 N–H and O–H groups in total. The number of rotatable bonds is 4. The summed E-state index contributed by atoms with van der Waals surface area (Å²) in [4.78, 5) is 29.1. The molecule has 0 saturated carbocycles. The molecule has 0 bridgehead atoms. The molecule has 1 aromatic heterocycles. The summed E-state index contributed by atoms with van der Waals surface area (Å²) in [7, 11) is 0. The number of oxazole rings is 1. The van der Waals surface area contributed by atoms with E-state index < -0.39 is 0 Å². The van der Waals surface area contributed by atoms with E-state index in [1.54, 1.807) is 4.90 Å². The summed E-state index contributed by atoms with van der Waals surface area (Å²) in [5, 5.41) is 0. The van der Waals surface area contributed by atoms with Crippen LogP contribution in [0, 0.1) is 5.92 Å². The Morgan fingerprint density at radius 3 is 3.05 bits per heavy atom. The van der Waals surface area contributed by atoms with E-state index in [-0.39, 0.29) is 17.7 Å². The minimum atomic E-state index is -0.312. The van der Waals surface area contributed by atoms with Crippen molar-refractivity contribution >= 4 is 11.8 Å². The fourth-order valence-corrected chi connectivity index (χ4v) is 2.54. The lowest BCUT2D eigenvalue weighted by Crippen LogP contribution is -2.41. The van der Waals surface area contributed by atoms with E-state index in [4.69, 9.17) is 10.2 Å². The lowest BCUT2D eigenvalue weighted by Gasteiger charge is -2.31. The molecule has 1 aromatic rings. The third-order valence-electron chi connectivity index (χ3n) is 3.47. The van der Waals surface area contributed by atoms with Gasteiger partial charge in [0.15, 0.2) is 6.39 Å². The van der Waals surface area contributed by atoms with Crippen LogP contribution in [0.4, 0.5) is 0 Å². The minimum Gasteiger partial charge on any atom is -0.438 e. The van der Waals surface area contributed by atoms with Crippen LogP contribution < -0.4 is 5.73 Å². The summed E-state index contributed by atoms with van der Waals surface area (Å²) >= 11 is 0. The van der Waals surface area contributed by atoms with Crippen LogP contribution in [0.3, 0.4) is 0 Å². The van der Waals surface area contributed by atoms with Gasteiger partial charge in [-0.15, -0.1) is 0 Å². The Morgan fingerprint density at radius 1 is 1.58 bits per heavy atom. The van der Waals surface area contributed by atoms with E-state index in [0.29, 0.717) is 37.4 Å². The number of nitrogens with zero attached hydrogens (tertiary/aromatic N) is 2. The fourth-order valence-electron chi connectivity index (χ4n) is 2.54. The SMILES string of the molecule is CCc1ncoc1C(=O)N1CCCC(CC(N)=O)C1. The zero-order valence-electron chi connectivity index (χ0n) is 11.1. The molecule has 2 amide bonds. The van der Waals surface area contributed by atoms with Gasteiger partial charge in [0, 0.05) is 19.5 Å². The Bertz CT molecular complexity index is 469. The monoisotopic (exact) mass is 265 g/mol. The molecule has 0 aromatic carbocycles. The molecule has 2 heterocycles. The van der Waals surface area contributed by atoms with Crippen molar-refractivity contribution in [2.45, 2.75) is 32.6 Å². The van der Waals surface area contributed by atoms with Crippen LogP contribution in [0.1, 0.15) is 42.4 Å². The topological polar surface area (TPSA) is 89.4 Å². The lowest BCUT2D eigenvalue weighted by atomic mass is 9.94. The summed E-state index contributed by atoms with van der Waals surface area (Å²) < 4.78 is 5.19. The van der Waals surface area contributed by atoms with E-state index >= 15 is 0 Å². The van der Waals surface area contributed by atoms with Crippen molar-refractivity contribution in [2.24, 2.45) is 11.7 Å². The standard InChI is InChI=1S/C13H19N3O3/c1-2-10-12(19-8-15-10)13(18)16-5-3-4-9(7-16)6-11(14)17/h8-9H,2-7H2,1H3,(H2,14,17). The van der Waals surface area contributed by atoms with Crippen molar-refractivity contribution < 1.29 is 14.0 Å². The summed E-state index contributed by atoms with van der Waals surface area (Å²) in [6.07, 6.45) is 4.12. The van der Waals surface area contributed by atoms with Gasteiger partial charge in [-0.25, -0.2) is 4.98 Å². The van der Waals surface area contributed by atoms with Gasteiger partial charge in [-0.3, -0.25) is 9.59 Å². The van der Waals surface area contributed by atoms with Gasteiger partial charge in [0.25, 0.3) is 5.91 Å². The number of likely N-dealkylation sites (tertiary alicyclic amines) is 1. The van der Waals surface area contributed by atoms with Gasteiger partial charge in [0.2, 0.25) is 11.7 Å². The molecular formula is C13H19N3O3. The Hall–Kier alpha value is -1.85. The maximum atomic E-state index is 12.3. The van der Waals surface area contributed by atoms with Crippen LogP contribution in [0.25, 0.3) is 0 Å². The average Bonchev–Trinajstić information content (AvgIpc) is 2.85. The van der Waals surface area contributed by atoms with Crippen LogP contribution in [0.2, 0.25) is 0 Å². The first-order valence-corrected chi connectivity index (χ1v) is 6.61. The molecular weight excluding hydrogens is 246 g/mol. The molecule has 0 aliphatic carbocycles. The number of amides is 2. The molecule has 1 aliphatic heterocycles. The quantitative estimate of drug-likeness (QED) is 0.878. The number of aryl methyl sites for hydroxylation is 1. The summed E-state index contributed by atoms with van der Waals surface area (Å²) in [6.45, 7) is 3.18. The Kier molecular flexibility index (Phi) is 4.19. The largest absolute Gasteiger partial charge is 0.438 e. The van der Waals surface area contributed by atoms with Crippen molar-refractivity contribution in [3.8, 4) is 0 Å². The van der Waals surface area contributed by atoms with E-state index in [9.17, 15) is 9.59 Å². The van der Waals surface area contributed by atoms with Crippen molar-refractivity contribution in [1.29, 1.82) is 0 Å². The first kappa shape index (κ1) is 13.6. The number of carbonyl (C=O) groups is 2. The Labute approximate surface area is 112 Å². The lowest BCUT2D eigenvalue weighted by molar-refractivity contribution is -0.119. The number of carbonyl (C=O) groups excluding carboxylic acids is 2. The minimum absolute atomic E-state index is 0.136. The van der Waals surface area contributed by atoms with E-state index in [1.807, 2.05) is 6.92 Å². The number of hydrogen-bond donors (Lipinski definition) is 1. The smallest absolute Gasteiger partial charge is 0.291 e. The summed E-state index contributed by atoms with van der Waals surface area (Å²) in [6, 6.07) is 0. The van der Waals surface area contributed by atoms with Gasteiger partial charge < -0.3 is 15.1 Å². The predicted molar refractivity (Wildman–Crippen MR) is 68.3 cm³/mol. The van der Waals surface area contributed by atoms with Crippen molar-refractivity contribution in [2.75, 3.05) is 13.1 Å². The van der Waals surface area contributed by atoms with Crippen LogP contribution in [-0.4, -0.2) is 34.8 Å². The van der Waals surface area contributed by atoms with E-state index in [2.05, 4.69) is 4.98 Å².